The molecule has 170 valence electrons. The van der Waals surface area contributed by atoms with Crippen LogP contribution in [0, 0.1) is 6.92 Å². The summed E-state index contributed by atoms with van der Waals surface area (Å²) in [6.07, 6.45) is 0. The van der Waals surface area contributed by atoms with E-state index >= 15 is 0 Å². The summed E-state index contributed by atoms with van der Waals surface area (Å²) in [5.74, 6) is -0.160. The Morgan fingerprint density at radius 1 is 1.00 bits per heavy atom. The molecule has 0 N–H and O–H groups in total. The van der Waals surface area contributed by atoms with E-state index in [0.717, 1.165) is 28.9 Å². The van der Waals surface area contributed by atoms with E-state index in [4.69, 9.17) is 14.5 Å². The van der Waals surface area contributed by atoms with Crippen molar-refractivity contribution >= 4 is 38.6 Å². The summed E-state index contributed by atoms with van der Waals surface area (Å²) in [6.45, 7) is 9.08. The van der Waals surface area contributed by atoms with Crippen LogP contribution in [0.2, 0.25) is 0 Å². The van der Waals surface area contributed by atoms with Crippen LogP contribution in [0.1, 0.15) is 40.1 Å². The second kappa shape index (κ2) is 10.6. The van der Waals surface area contributed by atoms with E-state index in [9.17, 15) is 9.59 Å². The third-order valence-electron chi connectivity index (χ3n) is 5.49. The first-order chi connectivity index (χ1) is 15.4. The Balaban J connectivity index is 2.09. The van der Waals surface area contributed by atoms with Gasteiger partial charge in [-0.1, -0.05) is 43.4 Å². The van der Waals surface area contributed by atoms with Crippen LogP contribution in [0.4, 0.5) is 5.13 Å². The van der Waals surface area contributed by atoms with E-state index in [2.05, 4.69) is 18.7 Å². The smallest absolute Gasteiger partial charge is 0.338 e. The molecule has 1 aromatic heterocycles. The first-order valence-corrected chi connectivity index (χ1v) is 11.4. The zero-order valence-corrected chi connectivity index (χ0v) is 20.0. The van der Waals surface area contributed by atoms with Crippen LogP contribution in [0.3, 0.4) is 0 Å². The number of hydrogen-bond donors (Lipinski definition) is 0. The van der Waals surface area contributed by atoms with Crippen LogP contribution in [0.5, 0.6) is 5.75 Å². The SMILES string of the molecule is CCN(CC)CCN(C(=O)c1ccccc1C(=O)OC)c1nc2c(OC)ccc(C)c2s1. The van der Waals surface area contributed by atoms with Gasteiger partial charge >= 0.3 is 5.97 Å². The Bertz CT molecular complexity index is 1110. The molecule has 0 aliphatic heterocycles. The third kappa shape index (κ3) is 4.76. The molecule has 0 radical (unpaired) electrons. The van der Waals surface area contributed by atoms with Crippen molar-refractivity contribution in [3.8, 4) is 5.75 Å². The van der Waals surface area contributed by atoms with Gasteiger partial charge in [-0.15, -0.1) is 0 Å². The molecule has 3 rings (SSSR count). The predicted octanol–water partition coefficient (Wildman–Crippen LogP) is 4.39. The van der Waals surface area contributed by atoms with Crippen molar-refractivity contribution < 1.29 is 19.1 Å². The van der Waals surface area contributed by atoms with Gasteiger partial charge in [-0.2, -0.15) is 0 Å². The molecule has 7 nitrogen and oxygen atoms in total. The average Bonchev–Trinajstić information content (AvgIpc) is 3.27. The third-order valence-corrected chi connectivity index (χ3v) is 6.70. The van der Waals surface area contributed by atoms with E-state index < -0.39 is 5.97 Å². The molecule has 2 aromatic carbocycles. The van der Waals surface area contributed by atoms with Crippen LogP contribution in [-0.2, 0) is 4.74 Å². The first-order valence-electron chi connectivity index (χ1n) is 10.6. The van der Waals surface area contributed by atoms with Crippen LogP contribution < -0.4 is 9.64 Å². The lowest BCUT2D eigenvalue weighted by Gasteiger charge is -2.25. The van der Waals surface area contributed by atoms with Crippen molar-refractivity contribution in [3.05, 3.63) is 53.1 Å². The minimum atomic E-state index is -0.542. The summed E-state index contributed by atoms with van der Waals surface area (Å²) in [5.41, 5.74) is 2.33. The molecule has 0 spiro atoms. The number of rotatable bonds is 9. The second-order valence-electron chi connectivity index (χ2n) is 7.28. The quantitative estimate of drug-likeness (QED) is 0.446. The first kappa shape index (κ1) is 23.7. The Kier molecular flexibility index (Phi) is 7.82. The van der Waals surface area contributed by atoms with Gasteiger partial charge in [-0.3, -0.25) is 9.69 Å². The van der Waals surface area contributed by atoms with E-state index in [1.807, 2.05) is 19.1 Å². The number of fused-ring (bicyclic) bond motifs is 1. The predicted molar refractivity (Wildman–Crippen MR) is 128 cm³/mol. The van der Waals surface area contributed by atoms with Gasteiger partial charge in [0.1, 0.15) is 11.3 Å². The number of anilines is 1. The number of carbonyl (C=O) groups excluding carboxylic acids is 2. The Morgan fingerprint density at radius 3 is 2.31 bits per heavy atom. The molecule has 3 aromatic rings. The van der Waals surface area contributed by atoms with Crippen molar-refractivity contribution in [1.29, 1.82) is 0 Å². The number of nitrogens with zero attached hydrogens (tertiary/aromatic N) is 3. The summed E-state index contributed by atoms with van der Waals surface area (Å²) >= 11 is 1.45. The number of hydrogen-bond acceptors (Lipinski definition) is 7. The highest BCUT2D eigenvalue weighted by Gasteiger charge is 2.26. The van der Waals surface area contributed by atoms with Gasteiger partial charge in [-0.25, -0.2) is 9.78 Å². The topological polar surface area (TPSA) is 72.0 Å². The second-order valence-corrected chi connectivity index (χ2v) is 8.26. The molecule has 0 aliphatic rings. The van der Waals surface area contributed by atoms with Gasteiger partial charge in [0.25, 0.3) is 5.91 Å². The summed E-state index contributed by atoms with van der Waals surface area (Å²) in [5, 5.41) is 0.574. The number of aryl methyl sites for hydroxylation is 1. The minimum Gasteiger partial charge on any atom is -0.494 e. The molecule has 8 heteroatoms. The summed E-state index contributed by atoms with van der Waals surface area (Å²) in [6, 6.07) is 10.6. The number of carbonyl (C=O) groups is 2. The van der Waals surface area contributed by atoms with Gasteiger partial charge in [0, 0.05) is 13.1 Å². The highest BCUT2D eigenvalue weighted by Crippen LogP contribution is 2.37. The van der Waals surface area contributed by atoms with Crippen LogP contribution in [0.15, 0.2) is 36.4 Å². The molecule has 0 fully saturated rings. The molecule has 0 unspecified atom stereocenters. The highest BCUT2D eigenvalue weighted by atomic mass is 32.1. The monoisotopic (exact) mass is 455 g/mol. The van der Waals surface area contributed by atoms with Gasteiger partial charge in [0.05, 0.1) is 30.0 Å². The van der Waals surface area contributed by atoms with Gasteiger partial charge < -0.3 is 14.4 Å². The molecule has 0 bridgehead atoms. The maximum atomic E-state index is 13.7. The maximum Gasteiger partial charge on any atom is 0.338 e. The molecular formula is C24H29N3O4S. The minimum absolute atomic E-state index is 0.239. The fourth-order valence-corrected chi connectivity index (χ4v) is 4.62. The van der Waals surface area contributed by atoms with Gasteiger partial charge in [0.2, 0.25) is 0 Å². The van der Waals surface area contributed by atoms with E-state index in [0.29, 0.717) is 29.5 Å². The van der Waals surface area contributed by atoms with Crippen LogP contribution >= 0.6 is 11.3 Å². The summed E-state index contributed by atoms with van der Waals surface area (Å²) < 4.78 is 11.4. The number of esters is 1. The molecule has 0 atom stereocenters. The van der Waals surface area contributed by atoms with E-state index in [1.165, 1.54) is 18.4 Å². The highest BCUT2D eigenvalue weighted by molar-refractivity contribution is 7.22. The zero-order valence-electron chi connectivity index (χ0n) is 19.2. The number of methoxy groups -OCH3 is 2. The van der Waals surface area contributed by atoms with Crippen molar-refractivity contribution in [2.45, 2.75) is 20.8 Å². The lowest BCUT2D eigenvalue weighted by Crippen LogP contribution is -2.39. The standard InChI is InChI=1S/C24H29N3O4S/c1-6-26(7-2)14-15-27(22(28)17-10-8-9-11-18(17)23(29)31-5)24-25-20-19(30-4)13-12-16(3)21(20)32-24/h8-13H,6-7,14-15H2,1-5H3. The van der Waals surface area contributed by atoms with Gasteiger partial charge in [-0.05, 0) is 43.8 Å². The molecule has 0 saturated carbocycles. The molecular weight excluding hydrogens is 426 g/mol. The van der Waals surface area contributed by atoms with E-state index in [-0.39, 0.29) is 11.5 Å². The lowest BCUT2D eigenvalue weighted by molar-refractivity contribution is 0.0597. The van der Waals surface area contributed by atoms with Crippen molar-refractivity contribution in [2.75, 3.05) is 45.3 Å². The largest absolute Gasteiger partial charge is 0.494 e. The normalized spacial score (nSPS) is 11.1. The number of benzene rings is 2. The zero-order chi connectivity index (χ0) is 23.3. The van der Waals surface area contributed by atoms with Gasteiger partial charge in [0.15, 0.2) is 5.13 Å². The number of likely N-dealkylation sites (N-methyl/N-ethyl adjacent to an activating group) is 1. The fraction of sp³-hybridized carbons (Fsp3) is 0.375. The van der Waals surface area contributed by atoms with Crippen molar-refractivity contribution in [3.63, 3.8) is 0 Å². The number of ether oxygens (including phenoxy) is 2. The van der Waals surface area contributed by atoms with Crippen LogP contribution in [0.25, 0.3) is 10.2 Å². The Labute approximate surface area is 192 Å². The lowest BCUT2D eigenvalue weighted by atomic mass is 10.1. The molecule has 1 amide bonds. The van der Waals surface area contributed by atoms with E-state index in [1.54, 1.807) is 36.3 Å². The van der Waals surface area contributed by atoms with Crippen molar-refractivity contribution in [2.24, 2.45) is 0 Å². The number of thiazole rings is 1. The molecule has 0 saturated heterocycles. The van der Waals surface area contributed by atoms with Crippen LogP contribution in [-0.4, -0.2) is 62.2 Å². The Hall–Kier alpha value is -2.97. The average molecular weight is 456 g/mol. The maximum absolute atomic E-state index is 13.7. The summed E-state index contributed by atoms with van der Waals surface area (Å²) in [4.78, 5) is 34.7. The summed E-state index contributed by atoms with van der Waals surface area (Å²) in [7, 11) is 2.92. The molecule has 0 aliphatic carbocycles. The molecule has 32 heavy (non-hydrogen) atoms. The molecule has 1 heterocycles. The number of aromatic nitrogens is 1. The Morgan fingerprint density at radius 2 is 1.69 bits per heavy atom. The number of amides is 1. The fourth-order valence-electron chi connectivity index (χ4n) is 3.55. The van der Waals surface area contributed by atoms with Crippen molar-refractivity contribution in [1.82, 2.24) is 9.88 Å².